The highest BCUT2D eigenvalue weighted by atomic mass is 16.7. The van der Waals surface area contributed by atoms with Gasteiger partial charge in [0.25, 0.3) is 0 Å². The minimum Gasteiger partial charge on any atom is -0.470 e. The van der Waals surface area contributed by atoms with Gasteiger partial charge in [-0.25, -0.2) is 0 Å². The molecule has 5 N–H and O–H groups in total. The predicted molar refractivity (Wildman–Crippen MR) is 104 cm³/mol. The van der Waals surface area contributed by atoms with Gasteiger partial charge in [0.15, 0.2) is 0 Å². The second-order valence-corrected chi connectivity index (χ2v) is 8.92. The number of carbonyl (C=O) groups is 1. The molecule has 9 nitrogen and oxygen atoms in total. The van der Waals surface area contributed by atoms with Gasteiger partial charge >= 0.3 is 5.97 Å². The van der Waals surface area contributed by atoms with Crippen molar-refractivity contribution < 1.29 is 44.5 Å². The van der Waals surface area contributed by atoms with Crippen molar-refractivity contribution >= 4 is 5.97 Å². The third kappa shape index (κ3) is 3.79. The van der Waals surface area contributed by atoms with Gasteiger partial charge in [0.1, 0.15) is 30.5 Å². The molecule has 3 rings (SSSR count). The van der Waals surface area contributed by atoms with Gasteiger partial charge in [0.05, 0.1) is 24.9 Å². The number of allylic oxidation sites excluding steroid dienone is 1. The number of hydrogen-bond donors (Lipinski definition) is 5. The average Bonchev–Trinajstić information content (AvgIpc) is 3.00. The summed E-state index contributed by atoms with van der Waals surface area (Å²) in [6.07, 6.45) is -4.70. The van der Waals surface area contributed by atoms with E-state index in [9.17, 15) is 30.3 Å². The Morgan fingerprint density at radius 3 is 2.53 bits per heavy atom. The maximum atomic E-state index is 12.2. The summed E-state index contributed by atoms with van der Waals surface area (Å²) >= 11 is 0. The molecule has 0 spiro atoms. The molecule has 0 aromatic heterocycles. The fourth-order valence-electron chi connectivity index (χ4n) is 5.11. The molecule has 2 aliphatic heterocycles. The van der Waals surface area contributed by atoms with Crippen LogP contribution in [0.3, 0.4) is 0 Å². The number of esters is 1. The lowest BCUT2D eigenvalue weighted by atomic mass is 9.58. The van der Waals surface area contributed by atoms with Gasteiger partial charge in [-0.05, 0) is 24.3 Å². The summed E-state index contributed by atoms with van der Waals surface area (Å²) in [5.41, 5.74) is 0.0997. The largest absolute Gasteiger partial charge is 0.470 e. The quantitative estimate of drug-likeness (QED) is 0.221. The van der Waals surface area contributed by atoms with E-state index in [2.05, 4.69) is 6.58 Å². The normalized spacial score (nSPS) is 49.3. The Bertz CT molecular complexity index is 692. The Hall–Kier alpha value is -1.49. The van der Waals surface area contributed by atoms with Crippen LogP contribution in [0, 0.1) is 23.2 Å². The zero-order valence-electron chi connectivity index (χ0n) is 17.4. The van der Waals surface area contributed by atoms with Crippen molar-refractivity contribution in [2.45, 2.75) is 70.1 Å². The summed E-state index contributed by atoms with van der Waals surface area (Å²) in [4.78, 5) is 12.2. The zero-order valence-corrected chi connectivity index (χ0v) is 17.4. The van der Waals surface area contributed by atoms with Gasteiger partial charge in [-0.1, -0.05) is 19.9 Å². The third-order valence-corrected chi connectivity index (χ3v) is 6.91. The lowest BCUT2D eigenvalue weighted by Gasteiger charge is -2.48. The van der Waals surface area contributed by atoms with Crippen LogP contribution in [0.4, 0.5) is 0 Å². The number of fused-ring (bicyclic) bond motifs is 1. The highest BCUT2D eigenvalue weighted by molar-refractivity contribution is 5.75. The van der Waals surface area contributed by atoms with E-state index in [1.54, 1.807) is 19.9 Å². The molecule has 1 aliphatic carbocycles. The molecule has 170 valence electrons. The standard InChI is InChI=1S/C21H32O9/c1-5-21(4)6-11(23)13-10(3)19(27)30-18(13)14(21)9(2)8-28-20-17(26)16(25)15(24)12(7-22)29-20/h5,8,10-18,20,22-26H,1,6-7H2,2-4H3/b9-8+/t10-,11-,12+,13+,14+,15+,16-,17+,18-,20+,21+/m0/s1. The van der Waals surface area contributed by atoms with Crippen LogP contribution in [-0.2, 0) is 19.0 Å². The van der Waals surface area contributed by atoms with Crippen LogP contribution in [0.2, 0.25) is 0 Å². The maximum Gasteiger partial charge on any atom is 0.309 e. The van der Waals surface area contributed by atoms with Crippen LogP contribution < -0.4 is 0 Å². The lowest BCUT2D eigenvalue weighted by Crippen LogP contribution is -2.58. The van der Waals surface area contributed by atoms with E-state index in [-0.39, 0.29) is 17.8 Å². The van der Waals surface area contributed by atoms with E-state index in [0.717, 1.165) is 0 Å². The monoisotopic (exact) mass is 428 g/mol. The van der Waals surface area contributed by atoms with E-state index in [0.29, 0.717) is 12.0 Å². The number of rotatable bonds is 5. The molecule has 3 aliphatic rings. The Kier molecular flexibility index (Phi) is 6.62. The molecule has 0 radical (unpaired) electrons. The number of aliphatic hydroxyl groups excluding tert-OH is 5. The van der Waals surface area contributed by atoms with Crippen molar-refractivity contribution in [1.29, 1.82) is 0 Å². The van der Waals surface area contributed by atoms with E-state index in [4.69, 9.17) is 14.2 Å². The molecule has 1 saturated carbocycles. The molecule has 2 saturated heterocycles. The van der Waals surface area contributed by atoms with E-state index in [1.165, 1.54) is 6.26 Å². The van der Waals surface area contributed by atoms with Crippen molar-refractivity contribution in [3.63, 3.8) is 0 Å². The first-order chi connectivity index (χ1) is 14.1. The summed E-state index contributed by atoms with van der Waals surface area (Å²) in [6.45, 7) is 8.79. The summed E-state index contributed by atoms with van der Waals surface area (Å²) in [6, 6.07) is 0. The molecule has 0 aromatic rings. The van der Waals surface area contributed by atoms with Crippen LogP contribution >= 0.6 is 0 Å². The SMILES string of the molecule is C=C[C@]1(C)C[C@H](O)[C@@H]2[C@H](OC(=O)[C@H]2C)[C@H]1/C(C)=C/O[C@@H]1O[C@H](CO)[C@@H](O)[C@H](O)[C@H]1O. The fourth-order valence-corrected chi connectivity index (χ4v) is 5.11. The predicted octanol–water partition coefficient (Wildman–Crippen LogP) is -0.542. The minimum absolute atomic E-state index is 0.331. The summed E-state index contributed by atoms with van der Waals surface area (Å²) in [5.74, 6) is -1.47. The molecule has 0 amide bonds. The summed E-state index contributed by atoms with van der Waals surface area (Å²) in [5, 5.41) is 49.9. The smallest absolute Gasteiger partial charge is 0.309 e. The van der Waals surface area contributed by atoms with E-state index >= 15 is 0 Å². The minimum atomic E-state index is -1.54. The highest BCUT2D eigenvalue weighted by Crippen LogP contribution is 2.53. The number of ether oxygens (including phenoxy) is 3. The van der Waals surface area contributed by atoms with Crippen molar-refractivity contribution in [3.05, 3.63) is 24.5 Å². The highest BCUT2D eigenvalue weighted by Gasteiger charge is 2.58. The Balaban J connectivity index is 1.84. The van der Waals surface area contributed by atoms with Crippen LogP contribution in [0.1, 0.15) is 27.2 Å². The Morgan fingerprint density at radius 1 is 1.27 bits per heavy atom. The molecule has 9 heteroatoms. The topological polar surface area (TPSA) is 146 Å². The molecular formula is C21H32O9. The first kappa shape index (κ1) is 23.2. The lowest BCUT2D eigenvalue weighted by molar-refractivity contribution is -0.288. The Labute approximate surface area is 175 Å². The molecule has 3 fully saturated rings. The Morgan fingerprint density at radius 2 is 1.93 bits per heavy atom. The molecule has 0 bridgehead atoms. The van der Waals surface area contributed by atoms with Crippen molar-refractivity contribution in [1.82, 2.24) is 0 Å². The van der Waals surface area contributed by atoms with Gasteiger partial charge < -0.3 is 39.7 Å². The molecule has 0 unspecified atom stereocenters. The molecule has 2 heterocycles. The van der Waals surface area contributed by atoms with Gasteiger partial charge in [0, 0.05) is 11.8 Å². The number of carbonyl (C=O) groups excluding carboxylic acids is 1. The van der Waals surface area contributed by atoms with Crippen molar-refractivity contribution in [2.24, 2.45) is 23.2 Å². The van der Waals surface area contributed by atoms with Gasteiger partial charge in [-0.2, -0.15) is 0 Å². The first-order valence-corrected chi connectivity index (χ1v) is 10.2. The number of aliphatic hydroxyl groups is 5. The molecule has 11 atom stereocenters. The summed E-state index contributed by atoms with van der Waals surface area (Å²) < 4.78 is 16.6. The first-order valence-electron chi connectivity index (χ1n) is 10.2. The zero-order chi connectivity index (χ0) is 22.4. The second kappa shape index (κ2) is 8.57. The van der Waals surface area contributed by atoms with Gasteiger partial charge in [0.2, 0.25) is 6.29 Å². The average molecular weight is 428 g/mol. The van der Waals surface area contributed by atoms with Crippen LogP contribution in [0.5, 0.6) is 0 Å². The van der Waals surface area contributed by atoms with Crippen molar-refractivity contribution in [2.75, 3.05) is 6.61 Å². The van der Waals surface area contributed by atoms with Crippen LogP contribution in [-0.4, -0.2) is 81.0 Å². The molecular weight excluding hydrogens is 396 g/mol. The van der Waals surface area contributed by atoms with Crippen LogP contribution in [0.15, 0.2) is 24.5 Å². The molecule has 0 aromatic carbocycles. The summed E-state index contributed by atoms with van der Waals surface area (Å²) in [7, 11) is 0. The third-order valence-electron chi connectivity index (χ3n) is 6.91. The van der Waals surface area contributed by atoms with Crippen LogP contribution in [0.25, 0.3) is 0 Å². The second-order valence-electron chi connectivity index (χ2n) is 8.92. The van der Waals surface area contributed by atoms with Crippen molar-refractivity contribution in [3.8, 4) is 0 Å². The maximum absolute atomic E-state index is 12.2. The fraction of sp³-hybridized carbons (Fsp3) is 0.762. The molecule has 30 heavy (non-hydrogen) atoms. The van der Waals surface area contributed by atoms with E-state index in [1.807, 2.05) is 6.92 Å². The van der Waals surface area contributed by atoms with E-state index < -0.39 is 60.9 Å². The van der Waals surface area contributed by atoms with Gasteiger partial charge in [-0.15, -0.1) is 6.58 Å². The number of hydrogen-bond acceptors (Lipinski definition) is 9. The van der Waals surface area contributed by atoms with Gasteiger partial charge in [-0.3, -0.25) is 4.79 Å².